The van der Waals surface area contributed by atoms with Gasteiger partial charge in [0.2, 0.25) is 0 Å². The summed E-state index contributed by atoms with van der Waals surface area (Å²) in [7, 11) is 0. The summed E-state index contributed by atoms with van der Waals surface area (Å²) in [5.41, 5.74) is 0.795. The summed E-state index contributed by atoms with van der Waals surface area (Å²) in [5, 5.41) is 10.2. The first-order valence-corrected chi connectivity index (χ1v) is 6.31. The molecule has 1 saturated heterocycles. The van der Waals surface area contributed by atoms with Gasteiger partial charge in [-0.25, -0.2) is 0 Å². The van der Waals surface area contributed by atoms with Crippen molar-refractivity contribution in [1.82, 2.24) is 0 Å². The van der Waals surface area contributed by atoms with Gasteiger partial charge in [-0.3, -0.25) is 0 Å². The first-order valence-electron chi connectivity index (χ1n) is 6.31. The molecule has 4 heteroatoms. The Morgan fingerprint density at radius 2 is 2.17 bits per heavy atom. The largest absolute Gasteiger partial charge is 0.491 e. The summed E-state index contributed by atoms with van der Waals surface area (Å²) in [4.78, 5) is 0. The summed E-state index contributed by atoms with van der Waals surface area (Å²) in [5.74, 6) is 0.762. The van der Waals surface area contributed by atoms with Crippen LogP contribution >= 0.6 is 0 Å². The van der Waals surface area contributed by atoms with E-state index < -0.39 is 6.10 Å². The monoisotopic (exact) mass is 252 g/mol. The third-order valence-corrected chi connectivity index (χ3v) is 2.77. The highest BCUT2D eigenvalue weighted by Gasteiger charge is 2.24. The first-order chi connectivity index (χ1) is 8.66. The van der Waals surface area contributed by atoms with E-state index in [4.69, 9.17) is 14.2 Å². The van der Waals surface area contributed by atoms with Crippen molar-refractivity contribution in [2.45, 2.75) is 32.2 Å². The number of hydrogen-bond donors (Lipinski definition) is 1. The Morgan fingerprint density at radius 1 is 1.33 bits per heavy atom. The number of ether oxygens (including phenoxy) is 3. The van der Waals surface area contributed by atoms with Gasteiger partial charge in [0.05, 0.1) is 25.9 Å². The van der Waals surface area contributed by atoms with Crippen LogP contribution in [0.4, 0.5) is 0 Å². The van der Waals surface area contributed by atoms with Crippen molar-refractivity contribution >= 4 is 0 Å². The van der Waals surface area contributed by atoms with Gasteiger partial charge in [0, 0.05) is 0 Å². The molecule has 0 aromatic heterocycles. The molecule has 0 aliphatic carbocycles. The molecule has 0 spiro atoms. The number of rotatable bonds is 4. The number of aliphatic hydroxyl groups excluding tert-OH is 1. The maximum atomic E-state index is 10.2. The Hall–Kier alpha value is -1.10. The molecule has 4 nitrogen and oxygen atoms in total. The molecule has 1 aromatic carbocycles. The zero-order chi connectivity index (χ0) is 13.0. The Bertz CT molecular complexity index is 372. The van der Waals surface area contributed by atoms with E-state index in [1.165, 1.54) is 0 Å². The van der Waals surface area contributed by atoms with Crippen LogP contribution in [-0.4, -0.2) is 37.1 Å². The lowest BCUT2D eigenvalue weighted by atomic mass is 10.0. The Labute approximate surface area is 107 Å². The molecule has 1 aliphatic heterocycles. The second kappa shape index (κ2) is 6.18. The van der Waals surface area contributed by atoms with Gasteiger partial charge in [-0.05, 0) is 31.5 Å². The summed E-state index contributed by atoms with van der Waals surface area (Å²) in [6.45, 7) is 5.50. The van der Waals surface area contributed by atoms with E-state index in [0.717, 1.165) is 11.3 Å². The second-order valence-corrected chi connectivity index (χ2v) is 4.67. The Balaban J connectivity index is 2.06. The van der Waals surface area contributed by atoms with E-state index in [9.17, 15) is 5.11 Å². The average Bonchev–Trinajstić information content (AvgIpc) is 2.38. The highest BCUT2D eigenvalue weighted by molar-refractivity contribution is 5.30. The molecule has 18 heavy (non-hydrogen) atoms. The SMILES string of the molecule is CC(C)Oc1cccc(C(O)C2COCCO2)c1. The minimum absolute atomic E-state index is 0.117. The maximum Gasteiger partial charge on any atom is 0.120 e. The molecule has 0 amide bonds. The van der Waals surface area contributed by atoms with E-state index in [-0.39, 0.29) is 12.2 Å². The fourth-order valence-electron chi connectivity index (χ4n) is 1.95. The van der Waals surface area contributed by atoms with Crippen molar-refractivity contribution in [2.24, 2.45) is 0 Å². The average molecular weight is 252 g/mol. The normalized spacial score (nSPS) is 21.9. The van der Waals surface area contributed by atoms with Crippen molar-refractivity contribution in [3.05, 3.63) is 29.8 Å². The maximum absolute atomic E-state index is 10.2. The molecule has 2 atom stereocenters. The standard InChI is InChI=1S/C14H20O4/c1-10(2)18-12-5-3-4-11(8-12)14(15)13-9-16-6-7-17-13/h3-5,8,10,13-15H,6-7,9H2,1-2H3. The van der Waals surface area contributed by atoms with Crippen LogP contribution < -0.4 is 4.74 Å². The lowest BCUT2D eigenvalue weighted by molar-refractivity contribution is -0.133. The van der Waals surface area contributed by atoms with Crippen LogP contribution in [0, 0.1) is 0 Å². The van der Waals surface area contributed by atoms with Crippen LogP contribution in [0.15, 0.2) is 24.3 Å². The molecule has 2 unspecified atom stereocenters. The van der Waals surface area contributed by atoms with Crippen LogP contribution in [0.5, 0.6) is 5.75 Å². The number of hydrogen-bond acceptors (Lipinski definition) is 4. The smallest absolute Gasteiger partial charge is 0.120 e. The quantitative estimate of drug-likeness (QED) is 0.889. The molecule has 2 rings (SSSR count). The van der Waals surface area contributed by atoms with Crippen LogP contribution in [0.25, 0.3) is 0 Å². The summed E-state index contributed by atoms with van der Waals surface area (Å²) in [6, 6.07) is 7.48. The highest BCUT2D eigenvalue weighted by Crippen LogP contribution is 2.25. The van der Waals surface area contributed by atoms with Crippen LogP contribution in [0.3, 0.4) is 0 Å². The molecule has 1 heterocycles. The van der Waals surface area contributed by atoms with Crippen LogP contribution in [-0.2, 0) is 9.47 Å². The molecular formula is C14H20O4. The lowest BCUT2D eigenvalue weighted by Crippen LogP contribution is -2.33. The first kappa shape index (κ1) is 13.3. The molecule has 1 N–H and O–H groups in total. The van der Waals surface area contributed by atoms with Crippen molar-refractivity contribution in [2.75, 3.05) is 19.8 Å². The Morgan fingerprint density at radius 3 is 2.83 bits per heavy atom. The zero-order valence-corrected chi connectivity index (χ0v) is 10.8. The van der Waals surface area contributed by atoms with E-state index in [1.807, 2.05) is 38.1 Å². The molecule has 1 aliphatic rings. The molecule has 1 aromatic rings. The predicted molar refractivity (Wildman–Crippen MR) is 67.7 cm³/mol. The minimum Gasteiger partial charge on any atom is -0.491 e. The molecule has 0 saturated carbocycles. The molecule has 100 valence electrons. The highest BCUT2D eigenvalue weighted by atomic mass is 16.6. The number of aliphatic hydroxyl groups is 1. The zero-order valence-electron chi connectivity index (χ0n) is 10.8. The van der Waals surface area contributed by atoms with Crippen molar-refractivity contribution in [3.8, 4) is 5.75 Å². The van der Waals surface area contributed by atoms with Crippen LogP contribution in [0.2, 0.25) is 0 Å². The fourth-order valence-corrected chi connectivity index (χ4v) is 1.95. The summed E-state index contributed by atoms with van der Waals surface area (Å²) < 4.78 is 16.4. The van der Waals surface area contributed by atoms with Crippen molar-refractivity contribution in [1.29, 1.82) is 0 Å². The van der Waals surface area contributed by atoms with Gasteiger partial charge in [0.15, 0.2) is 0 Å². The van der Waals surface area contributed by atoms with Gasteiger partial charge >= 0.3 is 0 Å². The van der Waals surface area contributed by atoms with Crippen molar-refractivity contribution < 1.29 is 19.3 Å². The molecular weight excluding hydrogens is 232 g/mol. The van der Waals surface area contributed by atoms with Gasteiger partial charge in [-0.1, -0.05) is 12.1 Å². The molecule has 0 radical (unpaired) electrons. The van der Waals surface area contributed by atoms with E-state index in [0.29, 0.717) is 19.8 Å². The summed E-state index contributed by atoms with van der Waals surface area (Å²) >= 11 is 0. The topological polar surface area (TPSA) is 47.9 Å². The van der Waals surface area contributed by atoms with E-state index in [2.05, 4.69) is 0 Å². The third-order valence-electron chi connectivity index (χ3n) is 2.77. The lowest BCUT2D eigenvalue weighted by Gasteiger charge is -2.27. The van der Waals surface area contributed by atoms with Gasteiger partial charge in [-0.15, -0.1) is 0 Å². The van der Waals surface area contributed by atoms with Gasteiger partial charge < -0.3 is 19.3 Å². The summed E-state index contributed by atoms with van der Waals surface area (Å²) in [6.07, 6.45) is -0.860. The molecule has 1 fully saturated rings. The minimum atomic E-state index is -0.680. The predicted octanol–water partition coefficient (Wildman–Crippen LogP) is 1.92. The molecule has 0 bridgehead atoms. The van der Waals surface area contributed by atoms with Gasteiger partial charge in [0.25, 0.3) is 0 Å². The van der Waals surface area contributed by atoms with Crippen molar-refractivity contribution in [3.63, 3.8) is 0 Å². The number of benzene rings is 1. The second-order valence-electron chi connectivity index (χ2n) is 4.67. The van der Waals surface area contributed by atoms with Gasteiger partial charge in [-0.2, -0.15) is 0 Å². The third kappa shape index (κ3) is 3.45. The van der Waals surface area contributed by atoms with Gasteiger partial charge in [0.1, 0.15) is 18.0 Å². The van der Waals surface area contributed by atoms with E-state index >= 15 is 0 Å². The van der Waals surface area contributed by atoms with Crippen LogP contribution in [0.1, 0.15) is 25.5 Å². The fraction of sp³-hybridized carbons (Fsp3) is 0.571. The van der Waals surface area contributed by atoms with E-state index in [1.54, 1.807) is 0 Å². The Kier molecular flexibility index (Phi) is 4.58.